The molecule has 1 heterocycles. The van der Waals surface area contributed by atoms with Crippen LogP contribution in [0.1, 0.15) is 20.3 Å². The van der Waals surface area contributed by atoms with E-state index in [0.717, 1.165) is 24.5 Å². The van der Waals surface area contributed by atoms with E-state index in [2.05, 4.69) is 29.1 Å². The molecule has 0 bridgehead atoms. The Morgan fingerprint density at radius 2 is 2.05 bits per heavy atom. The molecule has 2 rings (SSSR count). The van der Waals surface area contributed by atoms with Crippen molar-refractivity contribution in [3.63, 3.8) is 0 Å². The quantitative estimate of drug-likeness (QED) is 0.793. The lowest BCUT2D eigenvalue weighted by Crippen LogP contribution is -2.43. The Kier molecular flexibility index (Phi) is 5.12. The summed E-state index contributed by atoms with van der Waals surface area (Å²) in [6.45, 7) is 5.13. The average Bonchev–Trinajstić information content (AvgIpc) is 2.45. The van der Waals surface area contributed by atoms with Crippen LogP contribution in [0.5, 0.6) is 0 Å². The van der Waals surface area contributed by atoms with E-state index in [1.54, 1.807) is 14.2 Å². The third kappa shape index (κ3) is 3.69. The topological polar surface area (TPSA) is 55.2 Å². The number of aliphatic imine (C=N–C) groups is 2. The molecule has 0 fully saturated rings. The molecule has 1 unspecified atom stereocenters. The van der Waals surface area contributed by atoms with Crippen LogP contribution in [0.2, 0.25) is 0 Å². The molecule has 1 aliphatic heterocycles. The molecule has 0 aromatic heterocycles. The number of methoxy groups -OCH3 is 2. The van der Waals surface area contributed by atoms with E-state index >= 15 is 0 Å². The number of hydrogen-bond donors (Lipinski definition) is 1. The lowest BCUT2D eigenvalue weighted by Gasteiger charge is -2.27. The van der Waals surface area contributed by atoms with Crippen molar-refractivity contribution in [2.75, 3.05) is 20.8 Å². The van der Waals surface area contributed by atoms with Gasteiger partial charge in [0.25, 0.3) is 0 Å². The minimum Gasteiger partial charge on any atom is -0.493 e. The molecule has 0 aromatic rings. The number of nitrogens with zero attached hydrogens (tertiary/aromatic N) is 2. The van der Waals surface area contributed by atoms with Crippen molar-refractivity contribution in [3.05, 3.63) is 23.7 Å². The number of rotatable bonds is 5. The van der Waals surface area contributed by atoms with Crippen LogP contribution in [0.3, 0.4) is 0 Å². The smallest absolute Gasteiger partial charge is 0.198 e. The number of allylic oxidation sites excluding steroid dienone is 1. The van der Waals surface area contributed by atoms with Gasteiger partial charge < -0.3 is 14.8 Å². The van der Waals surface area contributed by atoms with Gasteiger partial charge in [-0.1, -0.05) is 13.8 Å². The van der Waals surface area contributed by atoms with Crippen LogP contribution in [-0.4, -0.2) is 37.4 Å². The van der Waals surface area contributed by atoms with Crippen molar-refractivity contribution >= 4 is 28.9 Å². The fourth-order valence-corrected chi connectivity index (χ4v) is 2.39. The molecule has 0 radical (unpaired) electrons. The Balaban J connectivity index is 2.28. The summed E-state index contributed by atoms with van der Waals surface area (Å²) in [5, 5.41) is 3.53. The Hall–Kier alpha value is -1.69. The van der Waals surface area contributed by atoms with E-state index in [4.69, 9.17) is 21.7 Å². The summed E-state index contributed by atoms with van der Waals surface area (Å²) in [5.41, 5.74) is 0.833. The summed E-state index contributed by atoms with van der Waals surface area (Å²) in [6.07, 6.45) is 4.85. The zero-order chi connectivity index (χ0) is 15.4. The monoisotopic (exact) mass is 307 g/mol. The molecule has 1 N–H and O–H groups in total. The van der Waals surface area contributed by atoms with E-state index < -0.39 is 0 Å². The standard InChI is InChI=1S/C15H21N3O2S/c1-9(2)5-6-16-14-10-7-12(19-3)13(20-4)8-11(10)17-15(21)18-14/h7-10H,5-6H2,1-4H3,(H,16,18,21). The van der Waals surface area contributed by atoms with Gasteiger partial charge in [-0.2, -0.15) is 0 Å². The van der Waals surface area contributed by atoms with Gasteiger partial charge in [-0.05, 0) is 30.6 Å². The van der Waals surface area contributed by atoms with Crippen molar-refractivity contribution in [3.8, 4) is 0 Å². The number of amidine groups is 1. The molecule has 5 nitrogen and oxygen atoms in total. The number of ether oxygens (including phenoxy) is 2. The molecule has 0 saturated carbocycles. The first-order valence-electron chi connectivity index (χ1n) is 7.01. The lowest BCUT2D eigenvalue weighted by atomic mass is 9.94. The highest BCUT2D eigenvalue weighted by Crippen LogP contribution is 2.25. The highest BCUT2D eigenvalue weighted by Gasteiger charge is 2.30. The third-order valence-electron chi connectivity index (χ3n) is 3.35. The zero-order valence-electron chi connectivity index (χ0n) is 12.8. The van der Waals surface area contributed by atoms with Crippen molar-refractivity contribution in [2.45, 2.75) is 20.3 Å². The van der Waals surface area contributed by atoms with E-state index in [0.29, 0.717) is 22.5 Å². The minimum atomic E-state index is -0.0577. The van der Waals surface area contributed by atoms with Gasteiger partial charge in [-0.25, -0.2) is 4.99 Å². The first-order valence-corrected chi connectivity index (χ1v) is 7.41. The maximum atomic E-state index is 5.36. The Morgan fingerprint density at radius 3 is 2.67 bits per heavy atom. The normalized spacial score (nSPS) is 23.1. The van der Waals surface area contributed by atoms with Crippen LogP contribution >= 0.6 is 12.2 Å². The predicted molar refractivity (Wildman–Crippen MR) is 88.6 cm³/mol. The van der Waals surface area contributed by atoms with E-state index in [1.165, 1.54) is 0 Å². The molecule has 0 aromatic carbocycles. The summed E-state index contributed by atoms with van der Waals surface area (Å²) in [6, 6.07) is 0. The van der Waals surface area contributed by atoms with Crippen molar-refractivity contribution in [1.29, 1.82) is 0 Å². The van der Waals surface area contributed by atoms with Crippen LogP contribution in [0, 0.1) is 11.8 Å². The number of thiocarbonyl (C=S) groups is 1. The zero-order valence-corrected chi connectivity index (χ0v) is 13.7. The SMILES string of the molecule is COC1=CC2=NC(=S)NC(=NCCC(C)C)C2C=C1OC. The third-order valence-corrected chi connectivity index (χ3v) is 3.54. The summed E-state index contributed by atoms with van der Waals surface area (Å²) in [5.74, 6) is 2.73. The molecule has 114 valence electrons. The summed E-state index contributed by atoms with van der Waals surface area (Å²) in [7, 11) is 3.23. The fourth-order valence-electron chi connectivity index (χ4n) is 2.18. The lowest BCUT2D eigenvalue weighted by molar-refractivity contribution is 0.218. The van der Waals surface area contributed by atoms with Crippen molar-refractivity contribution < 1.29 is 9.47 Å². The van der Waals surface area contributed by atoms with E-state index in [9.17, 15) is 0 Å². The second-order valence-electron chi connectivity index (χ2n) is 5.34. The van der Waals surface area contributed by atoms with Crippen LogP contribution in [0.25, 0.3) is 0 Å². The Labute approximate surface area is 130 Å². The van der Waals surface area contributed by atoms with Crippen LogP contribution in [0.4, 0.5) is 0 Å². The molecular weight excluding hydrogens is 286 g/mol. The van der Waals surface area contributed by atoms with Crippen molar-refractivity contribution in [1.82, 2.24) is 5.32 Å². The van der Waals surface area contributed by atoms with Gasteiger partial charge in [0.15, 0.2) is 16.6 Å². The maximum Gasteiger partial charge on any atom is 0.198 e. The minimum absolute atomic E-state index is 0.0577. The molecule has 21 heavy (non-hydrogen) atoms. The largest absolute Gasteiger partial charge is 0.493 e. The van der Waals surface area contributed by atoms with Crippen LogP contribution < -0.4 is 5.32 Å². The second kappa shape index (κ2) is 6.85. The molecule has 6 heteroatoms. The van der Waals surface area contributed by atoms with Crippen molar-refractivity contribution in [2.24, 2.45) is 21.8 Å². The molecule has 0 amide bonds. The van der Waals surface area contributed by atoms with E-state index in [-0.39, 0.29) is 5.92 Å². The van der Waals surface area contributed by atoms with Gasteiger partial charge in [-0.15, -0.1) is 0 Å². The van der Waals surface area contributed by atoms with Gasteiger partial charge >= 0.3 is 0 Å². The molecule has 0 saturated heterocycles. The number of hydrogen-bond acceptors (Lipinski definition) is 4. The summed E-state index contributed by atoms with van der Waals surface area (Å²) < 4.78 is 10.7. The molecule has 0 spiro atoms. The highest BCUT2D eigenvalue weighted by atomic mass is 32.1. The highest BCUT2D eigenvalue weighted by molar-refractivity contribution is 7.80. The van der Waals surface area contributed by atoms with Gasteiger partial charge in [0.05, 0.1) is 25.8 Å². The Bertz CT molecular complexity index is 547. The average molecular weight is 307 g/mol. The maximum absolute atomic E-state index is 5.36. The van der Waals surface area contributed by atoms with E-state index in [1.807, 2.05) is 12.2 Å². The molecule has 2 aliphatic rings. The van der Waals surface area contributed by atoms with Gasteiger partial charge in [0, 0.05) is 12.6 Å². The predicted octanol–water partition coefficient (Wildman–Crippen LogP) is 2.45. The molecular formula is C15H21N3O2S. The molecule has 1 aliphatic carbocycles. The second-order valence-corrected chi connectivity index (χ2v) is 5.73. The first-order chi connectivity index (χ1) is 10.0. The number of fused-ring (bicyclic) bond motifs is 1. The Morgan fingerprint density at radius 1 is 1.33 bits per heavy atom. The van der Waals surface area contributed by atoms with Crippen LogP contribution in [-0.2, 0) is 9.47 Å². The molecule has 1 atom stereocenters. The number of nitrogens with one attached hydrogen (secondary N) is 1. The summed E-state index contributed by atoms with van der Waals surface area (Å²) >= 11 is 5.18. The van der Waals surface area contributed by atoms with Gasteiger partial charge in [-0.3, -0.25) is 4.99 Å². The summed E-state index contributed by atoms with van der Waals surface area (Å²) in [4.78, 5) is 9.01. The fraction of sp³-hybridized carbons (Fsp3) is 0.533. The van der Waals surface area contributed by atoms with Crippen LogP contribution in [0.15, 0.2) is 33.7 Å². The van der Waals surface area contributed by atoms with Gasteiger partial charge in [0.1, 0.15) is 5.84 Å². The first kappa shape index (κ1) is 15.7. The van der Waals surface area contributed by atoms with Gasteiger partial charge in [0.2, 0.25) is 0 Å².